The zero-order valence-electron chi connectivity index (χ0n) is 17.5. The lowest BCUT2D eigenvalue weighted by Crippen LogP contribution is -2.21. The number of nitrogens with zero attached hydrogens (tertiary/aromatic N) is 2. The van der Waals surface area contributed by atoms with E-state index in [0.29, 0.717) is 34.7 Å². The monoisotopic (exact) mass is 443 g/mol. The third-order valence-electron chi connectivity index (χ3n) is 4.56. The lowest BCUT2D eigenvalue weighted by atomic mass is 10.2. The van der Waals surface area contributed by atoms with E-state index in [-0.39, 0.29) is 18.2 Å². The minimum atomic E-state index is -3.32. The van der Waals surface area contributed by atoms with E-state index in [1.54, 1.807) is 53.1 Å². The number of anilines is 1. The number of hydrogen-bond acceptors (Lipinski definition) is 6. The Morgan fingerprint density at radius 3 is 2.48 bits per heavy atom. The zero-order chi connectivity index (χ0) is 22.4. The summed E-state index contributed by atoms with van der Waals surface area (Å²) in [7, 11) is -3.32. The Bertz CT molecular complexity index is 1180. The van der Waals surface area contributed by atoms with Gasteiger partial charge in [0.15, 0.2) is 9.84 Å². The van der Waals surface area contributed by atoms with Crippen LogP contribution in [0.25, 0.3) is 11.0 Å². The smallest absolute Gasteiger partial charge is 0.338 e. The lowest BCUT2D eigenvalue weighted by molar-refractivity contribution is -0.116. The summed E-state index contributed by atoms with van der Waals surface area (Å²) in [6.07, 6.45) is 2.88. The Labute approximate surface area is 181 Å². The second-order valence-electron chi connectivity index (χ2n) is 7.29. The second kappa shape index (κ2) is 9.74. The topological polar surface area (TPSA) is 107 Å². The van der Waals surface area contributed by atoms with Gasteiger partial charge in [0.2, 0.25) is 5.91 Å². The average molecular weight is 444 g/mol. The number of imidazole rings is 1. The van der Waals surface area contributed by atoms with Gasteiger partial charge in [-0.3, -0.25) is 4.79 Å². The Morgan fingerprint density at radius 2 is 1.81 bits per heavy atom. The van der Waals surface area contributed by atoms with Gasteiger partial charge in [0.1, 0.15) is 18.1 Å². The molecule has 1 heterocycles. The van der Waals surface area contributed by atoms with Crippen LogP contribution in [-0.4, -0.2) is 42.7 Å². The van der Waals surface area contributed by atoms with Gasteiger partial charge in [-0.1, -0.05) is 25.5 Å². The molecular weight excluding hydrogens is 418 g/mol. The minimum absolute atomic E-state index is 0.0911. The van der Waals surface area contributed by atoms with Gasteiger partial charge in [-0.05, 0) is 42.8 Å². The number of unbranched alkanes of at least 4 members (excludes halogenated alkanes) is 1. The van der Waals surface area contributed by atoms with Crippen molar-refractivity contribution in [2.75, 3.05) is 18.2 Å². The zero-order valence-corrected chi connectivity index (χ0v) is 18.3. The highest BCUT2D eigenvalue weighted by Crippen LogP contribution is 2.18. The number of esters is 1. The molecule has 0 fully saturated rings. The SMILES string of the molecule is CCCCOC(=O)c1ccc(NC(=O)Cn2c(CS(C)(=O)=O)nc3ccccc32)cc1. The Balaban J connectivity index is 1.71. The van der Waals surface area contributed by atoms with Crippen molar-refractivity contribution in [1.82, 2.24) is 9.55 Å². The molecule has 0 radical (unpaired) electrons. The molecule has 0 bridgehead atoms. The molecule has 8 nitrogen and oxygen atoms in total. The molecule has 0 saturated carbocycles. The summed E-state index contributed by atoms with van der Waals surface area (Å²) in [5.74, 6) is -0.689. The van der Waals surface area contributed by atoms with Crippen LogP contribution in [0.3, 0.4) is 0 Å². The van der Waals surface area contributed by atoms with Crippen molar-refractivity contribution in [3.8, 4) is 0 Å². The largest absolute Gasteiger partial charge is 0.462 e. The van der Waals surface area contributed by atoms with Crippen LogP contribution in [0.2, 0.25) is 0 Å². The molecule has 0 saturated heterocycles. The van der Waals surface area contributed by atoms with Gasteiger partial charge in [0.05, 0.1) is 23.2 Å². The number of aromatic nitrogens is 2. The van der Waals surface area contributed by atoms with E-state index in [1.807, 2.05) is 6.92 Å². The molecule has 0 atom stereocenters. The summed E-state index contributed by atoms with van der Waals surface area (Å²) >= 11 is 0. The van der Waals surface area contributed by atoms with Crippen LogP contribution >= 0.6 is 0 Å². The van der Waals surface area contributed by atoms with Crippen molar-refractivity contribution in [3.63, 3.8) is 0 Å². The quantitative estimate of drug-likeness (QED) is 0.402. The predicted octanol–water partition coefficient (Wildman–Crippen LogP) is 3.18. The molecule has 3 aromatic rings. The molecule has 9 heteroatoms. The molecule has 0 aliphatic rings. The van der Waals surface area contributed by atoms with E-state index >= 15 is 0 Å². The molecule has 0 spiro atoms. The van der Waals surface area contributed by atoms with Crippen molar-refractivity contribution in [1.29, 1.82) is 0 Å². The fraction of sp³-hybridized carbons (Fsp3) is 0.318. The van der Waals surface area contributed by atoms with E-state index in [4.69, 9.17) is 4.74 Å². The predicted molar refractivity (Wildman–Crippen MR) is 119 cm³/mol. The summed E-state index contributed by atoms with van der Waals surface area (Å²) in [5, 5.41) is 2.76. The van der Waals surface area contributed by atoms with Crippen LogP contribution in [0.5, 0.6) is 0 Å². The summed E-state index contributed by atoms with van der Waals surface area (Å²) in [6, 6.07) is 13.6. The molecule has 2 aromatic carbocycles. The van der Waals surface area contributed by atoms with Crippen molar-refractivity contribution >= 4 is 38.4 Å². The molecule has 0 aliphatic carbocycles. The summed E-state index contributed by atoms with van der Waals surface area (Å²) in [6.45, 7) is 2.30. The van der Waals surface area contributed by atoms with Crippen LogP contribution in [0, 0.1) is 0 Å². The first-order valence-corrected chi connectivity index (χ1v) is 12.0. The first-order chi connectivity index (χ1) is 14.8. The summed E-state index contributed by atoms with van der Waals surface area (Å²) in [4.78, 5) is 29.0. The molecule has 3 rings (SSSR count). The highest BCUT2D eigenvalue weighted by atomic mass is 32.2. The normalized spacial score (nSPS) is 11.4. The third-order valence-corrected chi connectivity index (χ3v) is 5.34. The fourth-order valence-electron chi connectivity index (χ4n) is 3.07. The number of ether oxygens (including phenoxy) is 1. The Hall–Kier alpha value is -3.20. The number of benzene rings is 2. The van der Waals surface area contributed by atoms with Gasteiger partial charge in [0.25, 0.3) is 0 Å². The van der Waals surface area contributed by atoms with Crippen molar-refractivity contribution in [2.24, 2.45) is 0 Å². The highest BCUT2D eigenvalue weighted by Gasteiger charge is 2.17. The Morgan fingerprint density at radius 1 is 1.10 bits per heavy atom. The molecule has 31 heavy (non-hydrogen) atoms. The number of carbonyl (C=O) groups is 2. The number of fused-ring (bicyclic) bond motifs is 1. The van der Waals surface area contributed by atoms with Gasteiger partial charge < -0.3 is 14.6 Å². The van der Waals surface area contributed by atoms with E-state index in [0.717, 1.165) is 19.1 Å². The maximum atomic E-state index is 12.6. The minimum Gasteiger partial charge on any atom is -0.462 e. The number of amides is 1. The number of rotatable bonds is 9. The van der Waals surface area contributed by atoms with E-state index in [1.165, 1.54) is 0 Å². The van der Waals surface area contributed by atoms with Gasteiger partial charge in [-0.15, -0.1) is 0 Å². The van der Waals surface area contributed by atoms with E-state index < -0.39 is 15.8 Å². The van der Waals surface area contributed by atoms with Crippen LogP contribution in [0.4, 0.5) is 5.69 Å². The molecule has 0 unspecified atom stereocenters. The number of hydrogen-bond donors (Lipinski definition) is 1. The van der Waals surface area contributed by atoms with Crippen molar-refractivity contribution < 1.29 is 22.7 Å². The molecule has 1 N–H and O–H groups in total. The maximum absolute atomic E-state index is 12.6. The van der Waals surface area contributed by atoms with Gasteiger partial charge >= 0.3 is 5.97 Å². The van der Waals surface area contributed by atoms with Gasteiger partial charge in [-0.2, -0.15) is 0 Å². The first kappa shape index (κ1) is 22.5. The second-order valence-corrected chi connectivity index (χ2v) is 9.43. The maximum Gasteiger partial charge on any atom is 0.338 e. The van der Waals surface area contributed by atoms with Crippen molar-refractivity contribution in [2.45, 2.75) is 32.1 Å². The number of nitrogens with one attached hydrogen (secondary N) is 1. The van der Waals surface area contributed by atoms with Crippen LogP contribution in [0.1, 0.15) is 35.9 Å². The van der Waals surface area contributed by atoms with Gasteiger partial charge in [0, 0.05) is 11.9 Å². The summed E-state index contributed by atoms with van der Waals surface area (Å²) in [5.41, 5.74) is 2.23. The van der Waals surface area contributed by atoms with Crippen LogP contribution < -0.4 is 5.32 Å². The van der Waals surface area contributed by atoms with E-state index in [2.05, 4.69) is 10.3 Å². The first-order valence-electron chi connectivity index (χ1n) is 9.95. The molecule has 0 aliphatic heterocycles. The molecular formula is C22H25N3O5S. The molecule has 1 aromatic heterocycles. The average Bonchev–Trinajstić information content (AvgIpc) is 3.04. The number of para-hydroxylation sites is 2. The van der Waals surface area contributed by atoms with Crippen LogP contribution in [0.15, 0.2) is 48.5 Å². The lowest BCUT2D eigenvalue weighted by Gasteiger charge is -2.10. The van der Waals surface area contributed by atoms with Gasteiger partial charge in [-0.25, -0.2) is 18.2 Å². The molecule has 164 valence electrons. The fourth-order valence-corrected chi connectivity index (χ4v) is 3.76. The molecule has 1 amide bonds. The number of carbonyl (C=O) groups excluding carboxylic acids is 2. The standard InChI is InChI=1S/C22H25N3O5S/c1-3-4-13-30-22(27)16-9-11-17(12-10-16)23-21(26)14-25-19-8-6-5-7-18(19)24-20(25)15-31(2,28)29/h5-12H,3-4,13-15H2,1-2H3,(H,23,26). The van der Waals surface area contributed by atoms with Crippen LogP contribution in [-0.2, 0) is 31.7 Å². The summed E-state index contributed by atoms with van der Waals surface area (Å²) < 4.78 is 30.3. The highest BCUT2D eigenvalue weighted by molar-refractivity contribution is 7.89. The number of sulfone groups is 1. The third kappa shape index (κ3) is 6.14. The van der Waals surface area contributed by atoms with Crippen molar-refractivity contribution in [3.05, 3.63) is 59.9 Å². The Kier molecular flexibility index (Phi) is 7.06. The van der Waals surface area contributed by atoms with E-state index in [9.17, 15) is 18.0 Å².